The Labute approximate surface area is 179 Å². The van der Waals surface area contributed by atoms with E-state index in [0.29, 0.717) is 23.9 Å². The highest BCUT2D eigenvalue weighted by atomic mass is 35.5. The minimum absolute atomic E-state index is 0.118. The third kappa shape index (κ3) is 5.75. The van der Waals surface area contributed by atoms with Gasteiger partial charge in [-0.3, -0.25) is 19.2 Å². The van der Waals surface area contributed by atoms with Crippen molar-refractivity contribution in [3.05, 3.63) is 23.0 Å². The van der Waals surface area contributed by atoms with Gasteiger partial charge in [-0.05, 0) is 51.2 Å². The summed E-state index contributed by atoms with van der Waals surface area (Å²) in [5.41, 5.74) is 5.37. The summed E-state index contributed by atoms with van der Waals surface area (Å²) in [6, 6.07) is 1.25. The van der Waals surface area contributed by atoms with Crippen molar-refractivity contribution in [3.63, 3.8) is 0 Å². The number of carbonyl (C=O) groups is 4. The molecule has 0 spiro atoms. The maximum atomic E-state index is 12.9. The fraction of sp³-hybridized carbons (Fsp3) is 0.600. The molecule has 3 atom stereocenters. The van der Waals surface area contributed by atoms with Crippen LogP contribution in [0.5, 0.6) is 0 Å². The van der Waals surface area contributed by atoms with Gasteiger partial charge in [-0.2, -0.15) is 0 Å². The molecule has 0 aromatic carbocycles. The van der Waals surface area contributed by atoms with Crippen LogP contribution in [-0.4, -0.2) is 46.2 Å². The second-order valence-corrected chi connectivity index (χ2v) is 9.31. The van der Waals surface area contributed by atoms with E-state index >= 15 is 0 Å². The van der Waals surface area contributed by atoms with Gasteiger partial charge in [-0.15, -0.1) is 0 Å². The van der Waals surface area contributed by atoms with Crippen molar-refractivity contribution < 1.29 is 19.2 Å². The number of primary amides is 1. The fourth-order valence-corrected chi connectivity index (χ4v) is 4.01. The first-order chi connectivity index (χ1) is 14.0. The van der Waals surface area contributed by atoms with Crippen LogP contribution in [0.1, 0.15) is 56.4 Å². The van der Waals surface area contributed by atoms with Gasteiger partial charge in [0.15, 0.2) is 0 Å². The number of hydrogen-bond acceptors (Lipinski definition) is 4. The van der Waals surface area contributed by atoms with Crippen LogP contribution >= 0.6 is 11.6 Å². The lowest BCUT2D eigenvalue weighted by Crippen LogP contribution is -2.53. The molecule has 1 saturated heterocycles. The number of halogens is 1. The number of amides is 4. The topological polar surface area (TPSA) is 146 Å². The molecule has 0 unspecified atom stereocenters. The molecule has 2 fully saturated rings. The molecule has 0 radical (unpaired) electrons. The van der Waals surface area contributed by atoms with Gasteiger partial charge >= 0.3 is 0 Å². The average molecular weight is 438 g/mol. The molecule has 2 aliphatic rings. The molecule has 1 aromatic heterocycles. The van der Waals surface area contributed by atoms with Gasteiger partial charge in [0, 0.05) is 11.5 Å². The van der Waals surface area contributed by atoms with Gasteiger partial charge in [0.2, 0.25) is 17.7 Å². The predicted molar refractivity (Wildman–Crippen MR) is 110 cm³/mol. The Kier molecular flexibility index (Phi) is 6.40. The summed E-state index contributed by atoms with van der Waals surface area (Å²) in [7, 11) is 0. The van der Waals surface area contributed by atoms with Crippen molar-refractivity contribution in [2.45, 2.75) is 63.6 Å². The Balaban J connectivity index is 1.65. The van der Waals surface area contributed by atoms with Gasteiger partial charge in [-0.1, -0.05) is 24.4 Å². The molecule has 10 heteroatoms. The molecule has 3 rings (SSSR count). The highest BCUT2D eigenvalue weighted by Crippen LogP contribution is 2.34. The third-order valence-corrected chi connectivity index (χ3v) is 5.77. The molecule has 4 amide bonds. The highest BCUT2D eigenvalue weighted by Gasteiger charge is 2.40. The van der Waals surface area contributed by atoms with Crippen molar-refractivity contribution in [1.82, 2.24) is 20.9 Å². The van der Waals surface area contributed by atoms with Crippen molar-refractivity contribution in [2.75, 3.05) is 0 Å². The van der Waals surface area contributed by atoms with Crippen molar-refractivity contribution in [2.24, 2.45) is 17.6 Å². The molecule has 1 aromatic rings. The summed E-state index contributed by atoms with van der Waals surface area (Å²) in [6.07, 6.45) is 3.11. The van der Waals surface area contributed by atoms with E-state index in [4.69, 9.17) is 17.3 Å². The Morgan fingerprint density at radius 1 is 1.20 bits per heavy atom. The Morgan fingerprint density at radius 3 is 2.40 bits per heavy atom. The summed E-state index contributed by atoms with van der Waals surface area (Å²) in [4.78, 5) is 52.2. The molecule has 1 aliphatic carbocycles. The number of carbonyl (C=O) groups excluding carboxylic acids is 4. The number of nitrogens with two attached hydrogens (primary N) is 1. The van der Waals surface area contributed by atoms with Gasteiger partial charge in [-0.25, -0.2) is 0 Å². The number of aromatic amines is 1. The molecule has 9 nitrogen and oxygen atoms in total. The van der Waals surface area contributed by atoms with Crippen molar-refractivity contribution >= 4 is 35.2 Å². The van der Waals surface area contributed by atoms with Crippen LogP contribution in [0.3, 0.4) is 0 Å². The molecule has 2 heterocycles. The van der Waals surface area contributed by atoms with Crippen LogP contribution in [0, 0.1) is 11.8 Å². The fourth-order valence-electron chi connectivity index (χ4n) is 3.84. The molecular formula is C20H28ClN5O4. The summed E-state index contributed by atoms with van der Waals surface area (Å²) in [5, 5.41) is 8.53. The van der Waals surface area contributed by atoms with Crippen LogP contribution in [-0.2, 0) is 14.4 Å². The maximum Gasteiger partial charge on any atom is 0.268 e. The number of aromatic nitrogens is 1. The zero-order chi connectivity index (χ0) is 22.1. The SMILES string of the molecule is CC1(C)C[C@@H](C[C@H](NC(=O)[C@H](CC2CC2)NC(=O)c2ccc(Cl)[nH]2)C(N)=O)C(=O)N1. The first-order valence-electron chi connectivity index (χ1n) is 10.1. The number of nitrogens with one attached hydrogen (secondary N) is 4. The zero-order valence-corrected chi connectivity index (χ0v) is 17.8. The monoisotopic (exact) mass is 437 g/mol. The summed E-state index contributed by atoms with van der Waals surface area (Å²) >= 11 is 5.82. The predicted octanol–water partition coefficient (Wildman–Crippen LogP) is 0.842. The molecule has 1 aliphatic heterocycles. The normalized spacial score (nSPS) is 22.1. The van der Waals surface area contributed by atoms with Crippen LogP contribution in [0.2, 0.25) is 5.15 Å². The van der Waals surface area contributed by atoms with Crippen LogP contribution < -0.4 is 21.7 Å². The second kappa shape index (κ2) is 8.67. The lowest BCUT2D eigenvalue weighted by atomic mass is 9.91. The highest BCUT2D eigenvalue weighted by molar-refractivity contribution is 6.29. The van der Waals surface area contributed by atoms with Gasteiger partial charge in [0.1, 0.15) is 22.9 Å². The second-order valence-electron chi connectivity index (χ2n) is 8.90. The average Bonchev–Trinajstić information content (AvgIpc) is 3.28. The molecule has 1 saturated carbocycles. The van der Waals surface area contributed by atoms with Crippen molar-refractivity contribution in [3.8, 4) is 0 Å². The van der Waals surface area contributed by atoms with Gasteiger partial charge in [0.25, 0.3) is 5.91 Å². The number of hydrogen-bond donors (Lipinski definition) is 5. The largest absolute Gasteiger partial charge is 0.368 e. The number of H-pyrrole nitrogens is 1. The molecule has 0 bridgehead atoms. The Bertz CT molecular complexity index is 848. The van der Waals surface area contributed by atoms with E-state index in [0.717, 1.165) is 12.8 Å². The van der Waals surface area contributed by atoms with Gasteiger partial charge < -0.3 is 26.7 Å². The van der Waals surface area contributed by atoms with E-state index in [-0.39, 0.29) is 23.6 Å². The van der Waals surface area contributed by atoms with Crippen molar-refractivity contribution in [1.29, 1.82) is 0 Å². The summed E-state index contributed by atoms with van der Waals surface area (Å²) in [5.74, 6) is -1.90. The molecular weight excluding hydrogens is 410 g/mol. The Morgan fingerprint density at radius 2 is 1.90 bits per heavy atom. The van der Waals surface area contributed by atoms with Crippen LogP contribution in [0.25, 0.3) is 0 Å². The maximum absolute atomic E-state index is 12.9. The van der Waals surface area contributed by atoms with E-state index in [9.17, 15) is 19.2 Å². The zero-order valence-electron chi connectivity index (χ0n) is 17.1. The lowest BCUT2D eigenvalue weighted by molar-refractivity contribution is -0.130. The number of rotatable bonds is 9. The van der Waals surface area contributed by atoms with E-state index in [2.05, 4.69) is 20.9 Å². The molecule has 30 heavy (non-hydrogen) atoms. The summed E-state index contributed by atoms with van der Waals surface area (Å²) in [6.45, 7) is 3.80. The van der Waals surface area contributed by atoms with E-state index in [1.165, 1.54) is 6.07 Å². The minimum Gasteiger partial charge on any atom is -0.368 e. The Hall–Kier alpha value is -2.55. The van der Waals surface area contributed by atoms with Gasteiger partial charge in [0.05, 0.1) is 0 Å². The van der Waals surface area contributed by atoms with Crippen LogP contribution in [0.15, 0.2) is 12.1 Å². The minimum atomic E-state index is -0.999. The third-order valence-electron chi connectivity index (χ3n) is 5.55. The first kappa shape index (κ1) is 22.1. The first-order valence-corrected chi connectivity index (χ1v) is 10.5. The van der Waals surface area contributed by atoms with E-state index in [1.54, 1.807) is 6.07 Å². The van der Waals surface area contributed by atoms with E-state index in [1.807, 2.05) is 13.8 Å². The summed E-state index contributed by atoms with van der Waals surface area (Å²) < 4.78 is 0. The standard InChI is InChI=1S/C20H28ClN5O4/c1-20(2)9-11(17(28)26-20)8-13(16(22)27)24-19(30)14(7-10-3-4-10)25-18(29)12-5-6-15(21)23-12/h5-6,10-11,13-14,23H,3-4,7-9H2,1-2H3,(H2,22,27)(H,24,30)(H,25,29)(H,26,28)/t11-,13+,14+/m1/s1. The molecule has 164 valence electrons. The molecule has 6 N–H and O–H groups in total. The lowest BCUT2D eigenvalue weighted by Gasteiger charge is -2.23. The van der Waals surface area contributed by atoms with Crippen LogP contribution in [0.4, 0.5) is 0 Å². The quantitative estimate of drug-likeness (QED) is 0.389. The van der Waals surface area contributed by atoms with E-state index < -0.39 is 35.7 Å². The smallest absolute Gasteiger partial charge is 0.268 e.